The van der Waals surface area contributed by atoms with Crippen molar-refractivity contribution in [1.29, 1.82) is 5.26 Å². The van der Waals surface area contributed by atoms with Crippen molar-refractivity contribution in [1.82, 2.24) is 14.9 Å². The molecule has 4 rings (SSSR count). The van der Waals surface area contributed by atoms with E-state index in [1.807, 2.05) is 13.0 Å². The summed E-state index contributed by atoms with van der Waals surface area (Å²) >= 11 is 0. The Labute approximate surface area is 205 Å². The van der Waals surface area contributed by atoms with Crippen molar-refractivity contribution in [3.05, 3.63) is 48.0 Å². The lowest BCUT2D eigenvalue weighted by Gasteiger charge is -2.32. The van der Waals surface area contributed by atoms with Gasteiger partial charge in [-0.3, -0.25) is 4.90 Å². The topological polar surface area (TPSA) is 103 Å². The number of halogens is 1. The van der Waals surface area contributed by atoms with Crippen LogP contribution in [0.4, 0.5) is 21.6 Å². The highest BCUT2D eigenvalue weighted by molar-refractivity contribution is 8.00. The minimum atomic E-state index is -2.43. The zero-order valence-corrected chi connectivity index (χ0v) is 20.7. The number of piperidine rings is 1. The van der Waals surface area contributed by atoms with Crippen LogP contribution < -0.4 is 14.8 Å². The standard InChI is InChI=1S/C25H29FN6O2S/c1-17-12-19(31-35(2,3)33)14-22-24(17)25(29-16-28-22)30-21-8-7-18(26)13-23(21)34-20-6-4-10-32(15-20)11-5-9-27/h7-8,12-14,16,20H,2,4-6,10-11,15H2,1,3H3,(H,31,33)(H,28,29,30). The third kappa shape index (κ3) is 6.38. The van der Waals surface area contributed by atoms with Crippen molar-refractivity contribution in [2.45, 2.75) is 32.3 Å². The van der Waals surface area contributed by atoms with E-state index in [9.17, 15) is 8.60 Å². The summed E-state index contributed by atoms with van der Waals surface area (Å²) in [5, 5.41) is 13.0. The van der Waals surface area contributed by atoms with E-state index in [2.05, 4.69) is 36.8 Å². The predicted molar refractivity (Wildman–Crippen MR) is 139 cm³/mol. The lowest BCUT2D eigenvalue weighted by atomic mass is 10.1. The van der Waals surface area contributed by atoms with Crippen LogP contribution in [0.3, 0.4) is 0 Å². The van der Waals surface area contributed by atoms with E-state index < -0.39 is 15.5 Å². The van der Waals surface area contributed by atoms with Gasteiger partial charge in [0.05, 0.1) is 17.3 Å². The summed E-state index contributed by atoms with van der Waals surface area (Å²) in [6, 6.07) is 10.2. The highest BCUT2D eigenvalue weighted by atomic mass is 32.2. The maximum atomic E-state index is 14.2. The third-order valence-corrected chi connectivity index (χ3v) is 6.43. The van der Waals surface area contributed by atoms with Gasteiger partial charge in [0.2, 0.25) is 0 Å². The molecule has 0 aliphatic carbocycles. The van der Waals surface area contributed by atoms with Gasteiger partial charge in [-0.25, -0.2) is 18.6 Å². The average Bonchev–Trinajstić information content (AvgIpc) is 2.78. The van der Waals surface area contributed by atoms with Gasteiger partial charge in [0.25, 0.3) is 0 Å². The molecule has 2 N–H and O–H groups in total. The summed E-state index contributed by atoms with van der Waals surface area (Å²) in [5.74, 6) is 4.21. The molecule has 2 unspecified atom stereocenters. The highest BCUT2D eigenvalue weighted by Crippen LogP contribution is 2.34. The van der Waals surface area contributed by atoms with Crippen molar-refractivity contribution < 1.29 is 13.3 Å². The van der Waals surface area contributed by atoms with Crippen molar-refractivity contribution in [3.63, 3.8) is 0 Å². The molecule has 2 heterocycles. The summed E-state index contributed by atoms with van der Waals surface area (Å²) in [5.41, 5.74) is 2.79. The molecule has 3 aromatic rings. The fraction of sp³-hybridized carbons (Fsp3) is 0.360. The van der Waals surface area contributed by atoms with Crippen LogP contribution in [-0.4, -0.2) is 56.9 Å². The van der Waals surface area contributed by atoms with Crippen LogP contribution in [0.1, 0.15) is 24.8 Å². The van der Waals surface area contributed by atoms with Crippen molar-refractivity contribution in [2.24, 2.45) is 0 Å². The fourth-order valence-electron chi connectivity index (χ4n) is 4.32. The molecule has 35 heavy (non-hydrogen) atoms. The number of aryl methyl sites for hydroxylation is 1. The molecule has 184 valence electrons. The summed E-state index contributed by atoms with van der Waals surface area (Å²) in [7, 11) is -2.43. The number of aromatic nitrogens is 2. The maximum Gasteiger partial charge on any atom is 0.146 e. The SMILES string of the molecule is C=S(C)(=O)Nc1cc(C)c2c(Nc3ccc(F)cc3OC3CCCN(CCC#N)C3)ncnc2c1. The Balaban J connectivity index is 1.61. The monoisotopic (exact) mass is 496 g/mol. The number of hydrogen-bond donors (Lipinski definition) is 2. The first kappa shape index (κ1) is 24.7. The lowest BCUT2D eigenvalue weighted by Crippen LogP contribution is -2.41. The van der Waals surface area contributed by atoms with Gasteiger partial charge in [0, 0.05) is 52.6 Å². The molecular formula is C25H29FN6O2S. The molecular weight excluding hydrogens is 467 g/mol. The molecule has 2 aromatic carbocycles. The predicted octanol–water partition coefficient (Wildman–Crippen LogP) is 4.25. The number of nitrogens with zero attached hydrogens (tertiary/aromatic N) is 4. The van der Waals surface area contributed by atoms with Crippen molar-refractivity contribution in [3.8, 4) is 11.8 Å². The average molecular weight is 497 g/mol. The van der Waals surface area contributed by atoms with E-state index >= 15 is 0 Å². The van der Waals surface area contributed by atoms with Gasteiger partial charge in [0.1, 0.15) is 29.8 Å². The van der Waals surface area contributed by atoms with Gasteiger partial charge in [-0.15, -0.1) is 0 Å². The van der Waals surface area contributed by atoms with Gasteiger partial charge >= 0.3 is 0 Å². The van der Waals surface area contributed by atoms with Crippen LogP contribution in [0.5, 0.6) is 5.75 Å². The molecule has 1 aliphatic heterocycles. The molecule has 0 bridgehead atoms. The van der Waals surface area contributed by atoms with Crippen LogP contribution in [0.2, 0.25) is 0 Å². The number of fused-ring (bicyclic) bond motifs is 1. The number of nitrogens with one attached hydrogen (secondary N) is 2. The Morgan fingerprint density at radius 3 is 2.94 bits per heavy atom. The van der Waals surface area contributed by atoms with E-state index in [1.165, 1.54) is 24.7 Å². The van der Waals surface area contributed by atoms with Crippen molar-refractivity contribution in [2.75, 3.05) is 35.9 Å². The zero-order chi connectivity index (χ0) is 25.0. The van der Waals surface area contributed by atoms with E-state index in [4.69, 9.17) is 10.00 Å². The Hall–Kier alpha value is -3.42. The third-order valence-electron chi connectivity index (χ3n) is 5.76. The van der Waals surface area contributed by atoms with Crippen molar-refractivity contribution >= 4 is 43.7 Å². The first-order valence-corrected chi connectivity index (χ1v) is 13.5. The van der Waals surface area contributed by atoms with E-state index in [-0.39, 0.29) is 6.10 Å². The van der Waals surface area contributed by atoms with E-state index in [1.54, 1.807) is 12.1 Å². The normalized spacial score (nSPS) is 17.9. The second kappa shape index (κ2) is 10.5. The molecule has 1 aliphatic rings. The zero-order valence-electron chi connectivity index (χ0n) is 19.9. The van der Waals surface area contributed by atoms with Gasteiger partial charge in [-0.1, -0.05) is 0 Å². The molecule has 0 radical (unpaired) electrons. The van der Waals surface area contributed by atoms with Crippen LogP contribution in [0.15, 0.2) is 36.7 Å². The largest absolute Gasteiger partial charge is 0.487 e. The minimum Gasteiger partial charge on any atom is -0.487 e. The molecule has 1 saturated heterocycles. The van der Waals surface area contributed by atoms with Gasteiger partial charge < -0.3 is 14.8 Å². The molecule has 0 saturated carbocycles. The molecule has 1 fully saturated rings. The fourth-order valence-corrected chi connectivity index (χ4v) is 4.94. The second-order valence-corrected chi connectivity index (χ2v) is 11.1. The number of nitriles is 1. The number of anilines is 3. The molecule has 2 atom stereocenters. The van der Waals surface area contributed by atoms with Gasteiger partial charge in [0.15, 0.2) is 0 Å². The van der Waals surface area contributed by atoms with E-state index in [0.717, 1.165) is 30.3 Å². The molecule has 8 nitrogen and oxygen atoms in total. The minimum absolute atomic E-state index is 0.103. The first-order chi connectivity index (χ1) is 16.7. The summed E-state index contributed by atoms with van der Waals surface area (Å²) in [6.07, 6.45) is 5.16. The van der Waals surface area contributed by atoms with Gasteiger partial charge in [-0.05, 0) is 62.0 Å². The maximum absolute atomic E-state index is 14.2. The smallest absolute Gasteiger partial charge is 0.146 e. The van der Waals surface area contributed by atoms with Crippen LogP contribution >= 0.6 is 0 Å². The van der Waals surface area contributed by atoms with E-state index in [0.29, 0.717) is 48.0 Å². The molecule has 0 amide bonds. The highest BCUT2D eigenvalue weighted by Gasteiger charge is 2.22. The summed E-state index contributed by atoms with van der Waals surface area (Å²) in [6.45, 7) is 4.24. The second-order valence-electron chi connectivity index (χ2n) is 8.87. The van der Waals surface area contributed by atoms with Crippen LogP contribution in [0, 0.1) is 24.1 Å². The Morgan fingerprint density at radius 2 is 2.17 bits per heavy atom. The number of benzene rings is 2. The van der Waals surface area contributed by atoms with Gasteiger partial charge in [-0.2, -0.15) is 5.26 Å². The summed E-state index contributed by atoms with van der Waals surface area (Å²) in [4.78, 5) is 11.0. The lowest BCUT2D eigenvalue weighted by molar-refractivity contribution is 0.0902. The Kier molecular flexibility index (Phi) is 7.38. The molecule has 0 spiro atoms. The summed E-state index contributed by atoms with van der Waals surface area (Å²) < 4.78 is 35.4. The number of likely N-dealkylation sites (tertiary alicyclic amines) is 1. The molecule has 1 aromatic heterocycles. The number of hydrogen-bond acceptors (Lipinski definition) is 7. The first-order valence-electron chi connectivity index (χ1n) is 11.4. The van der Waals surface area contributed by atoms with Crippen LogP contribution in [0.25, 0.3) is 10.9 Å². The number of ether oxygens (including phenoxy) is 1. The quantitative estimate of drug-likeness (QED) is 0.449. The number of rotatable bonds is 8. The Morgan fingerprint density at radius 1 is 1.34 bits per heavy atom. The molecule has 10 heteroatoms. The Bertz CT molecular complexity index is 1370. The van der Waals surface area contributed by atoms with Crippen LogP contribution in [-0.2, 0) is 9.71 Å².